The van der Waals surface area contributed by atoms with E-state index in [0.29, 0.717) is 16.4 Å². The zero-order chi connectivity index (χ0) is 14.9. The molecule has 2 nitrogen and oxygen atoms in total. The number of nitrogens with zero attached hydrogens (tertiary/aromatic N) is 1. The van der Waals surface area contributed by atoms with E-state index in [4.69, 9.17) is 5.73 Å². The maximum Gasteiger partial charge on any atom is 0.0332 e. The summed E-state index contributed by atoms with van der Waals surface area (Å²) in [6.07, 6.45) is 10.7. The number of hydrogen-bond donors (Lipinski definition) is 1. The van der Waals surface area contributed by atoms with Crippen molar-refractivity contribution in [1.82, 2.24) is 4.90 Å². The smallest absolute Gasteiger partial charge is 0.0332 e. The van der Waals surface area contributed by atoms with Crippen LogP contribution in [0.5, 0.6) is 0 Å². The van der Waals surface area contributed by atoms with Gasteiger partial charge >= 0.3 is 0 Å². The Balaban J connectivity index is 2.12. The first-order valence-electron chi connectivity index (χ1n) is 8.86. The van der Waals surface area contributed by atoms with Crippen LogP contribution in [-0.2, 0) is 0 Å². The minimum absolute atomic E-state index is 0.305. The quantitative estimate of drug-likeness (QED) is 0.783. The van der Waals surface area contributed by atoms with Gasteiger partial charge in [0.1, 0.15) is 0 Å². The molecule has 1 heterocycles. The molecule has 1 saturated carbocycles. The third-order valence-electron chi connectivity index (χ3n) is 6.75. The Morgan fingerprint density at radius 1 is 0.950 bits per heavy atom. The van der Waals surface area contributed by atoms with Crippen LogP contribution in [0.25, 0.3) is 0 Å². The molecule has 118 valence electrons. The van der Waals surface area contributed by atoms with Crippen LogP contribution in [0.3, 0.4) is 0 Å². The lowest BCUT2D eigenvalue weighted by atomic mass is 9.81. The zero-order valence-corrected chi connectivity index (χ0v) is 14.3. The summed E-state index contributed by atoms with van der Waals surface area (Å²) in [4.78, 5) is 2.79. The Bertz CT molecular complexity index is 319. The lowest BCUT2D eigenvalue weighted by Crippen LogP contribution is -2.53. The van der Waals surface area contributed by atoms with Gasteiger partial charge in [0.15, 0.2) is 0 Å². The van der Waals surface area contributed by atoms with E-state index in [1.54, 1.807) is 0 Å². The summed E-state index contributed by atoms with van der Waals surface area (Å²) in [6.45, 7) is 13.0. The summed E-state index contributed by atoms with van der Waals surface area (Å²) < 4.78 is 0. The van der Waals surface area contributed by atoms with Crippen LogP contribution in [0.15, 0.2) is 0 Å². The average Bonchev–Trinajstić information content (AvgIpc) is 2.81. The minimum atomic E-state index is 0.305. The van der Waals surface area contributed by atoms with Gasteiger partial charge in [-0.3, -0.25) is 4.90 Å². The monoisotopic (exact) mass is 280 g/mol. The minimum Gasteiger partial charge on any atom is -0.329 e. The fourth-order valence-electron chi connectivity index (χ4n) is 4.53. The second kappa shape index (κ2) is 5.96. The van der Waals surface area contributed by atoms with Gasteiger partial charge < -0.3 is 5.73 Å². The summed E-state index contributed by atoms with van der Waals surface area (Å²) >= 11 is 0. The topological polar surface area (TPSA) is 29.3 Å². The Morgan fingerprint density at radius 2 is 1.65 bits per heavy atom. The molecule has 0 radical (unpaired) electrons. The highest BCUT2D eigenvalue weighted by Crippen LogP contribution is 2.45. The zero-order valence-electron chi connectivity index (χ0n) is 14.3. The van der Waals surface area contributed by atoms with Crippen LogP contribution in [0, 0.1) is 10.8 Å². The second-order valence-electron chi connectivity index (χ2n) is 8.32. The molecule has 0 amide bonds. The fraction of sp³-hybridized carbons (Fsp3) is 1.00. The van der Waals surface area contributed by atoms with Crippen molar-refractivity contribution in [3.8, 4) is 0 Å². The van der Waals surface area contributed by atoms with Crippen molar-refractivity contribution < 1.29 is 0 Å². The first kappa shape index (κ1) is 16.3. The highest BCUT2D eigenvalue weighted by atomic mass is 15.2. The van der Waals surface area contributed by atoms with E-state index >= 15 is 0 Å². The average molecular weight is 280 g/mol. The molecule has 1 aliphatic carbocycles. The fourth-order valence-corrected chi connectivity index (χ4v) is 4.53. The van der Waals surface area contributed by atoms with Gasteiger partial charge in [0.05, 0.1) is 0 Å². The molecule has 2 rings (SSSR count). The van der Waals surface area contributed by atoms with Crippen LogP contribution in [0.1, 0.15) is 79.1 Å². The van der Waals surface area contributed by atoms with Gasteiger partial charge in [-0.15, -0.1) is 0 Å². The molecular formula is C18H36N2. The van der Waals surface area contributed by atoms with E-state index in [0.717, 1.165) is 6.54 Å². The van der Waals surface area contributed by atoms with Crippen LogP contribution in [0.2, 0.25) is 0 Å². The van der Waals surface area contributed by atoms with E-state index in [2.05, 4.69) is 32.6 Å². The van der Waals surface area contributed by atoms with Gasteiger partial charge in [0.2, 0.25) is 0 Å². The van der Waals surface area contributed by atoms with Crippen LogP contribution in [0.4, 0.5) is 0 Å². The summed E-state index contributed by atoms with van der Waals surface area (Å²) in [7, 11) is 0. The van der Waals surface area contributed by atoms with E-state index in [1.165, 1.54) is 64.5 Å². The molecule has 0 aromatic heterocycles. The number of likely N-dealkylation sites (tertiary alicyclic amines) is 1. The normalized spacial score (nSPS) is 34.0. The molecule has 0 bridgehead atoms. The van der Waals surface area contributed by atoms with Crippen molar-refractivity contribution in [1.29, 1.82) is 0 Å². The number of rotatable bonds is 4. The van der Waals surface area contributed by atoms with Crippen molar-refractivity contribution in [2.75, 3.05) is 19.6 Å². The first-order valence-corrected chi connectivity index (χ1v) is 8.86. The largest absolute Gasteiger partial charge is 0.329 e. The van der Waals surface area contributed by atoms with Crippen molar-refractivity contribution in [2.45, 2.75) is 84.6 Å². The summed E-state index contributed by atoms with van der Waals surface area (Å²) in [5, 5.41) is 0. The van der Waals surface area contributed by atoms with Crippen LogP contribution in [-0.4, -0.2) is 30.1 Å². The predicted molar refractivity (Wildman–Crippen MR) is 87.9 cm³/mol. The highest BCUT2D eigenvalue weighted by molar-refractivity contribution is 5.01. The Morgan fingerprint density at radius 3 is 2.20 bits per heavy atom. The molecule has 1 saturated heterocycles. The van der Waals surface area contributed by atoms with Crippen LogP contribution < -0.4 is 5.73 Å². The maximum atomic E-state index is 6.31. The lowest BCUT2D eigenvalue weighted by molar-refractivity contribution is 0.0842. The van der Waals surface area contributed by atoms with Crippen molar-refractivity contribution >= 4 is 0 Å². The Kier molecular flexibility index (Phi) is 4.86. The molecule has 2 aliphatic rings. The summed E-state index contributed by atoms with van der Waals surface area (Å²) in [5.41, 5.74) is 7.70. The third-order valence-corrected chi connectivity index (χ3v) is 6.75. The molecule has 1 unspecified atom stereocenters. The molecule has 2 heteroatoms. The molecule has 0 aromatic carbocycles. The van der Waals surface area contributed by atoms with Crippen LogP contribution >= 0.6 is 0 Å². The molecule has 2 fully saturated rings. The molecule has 1 atom stereocenters. The first-order chi connectivity index (χ1) is 9.41. The van der Waals surface area contributed by atoms with E-state index in [9.17, 15) is 0 Å². The standard InChI is InChI=1S/C18H36N2/c1-5-17(6-2)12-13-20(15-17)18(14-19)9-7-8-16(3,4)10-11-18/h5-15,19H2,1-4H3. The summed E-state index contributed by atoms with van der Waals surface area (Å²) in [5.74, 6) is 0. The molecule has 1 aliphatic heterocycles. The number of hydrogen-bond acceptors (Lipinski definition) is 2. The number of nitrogens with two attached hydrogens (primary N) is 1. The van der Waals surface area contributed by atoms with Crippen molar-refractivity contribution in [3.63, 3.8) is 0 Å². The van der Waals surface area contributed by atoms with Crippen molar-refractivity contribution in [3.05, 3.63) is 0 Å². The second-order valence-corrected chi connectivity index (χ2v) is 8.32. The van der Waals surface area contributed by atoms with E-state index < -0.39 is 0 Å². The van der Waals surface area contributed by atoms with Gasteiger partial charge in [-0.2, -0.15) is 0 Å². The molecule has 2 N–H and O–H groups in total. The van der Waals surface area contributed by atoms with Gasteiger partial charge in [0, 0.05) is 18.6 Å². The lowest BCUT2D eigenvalue weighted by Gasteiger charge is -2.42. The molecular weight excluding hydrogens is 244 g/mol. The SMILES string of the molecule is CCC1(CC)CCN(C2(CN)CCCC(C)(C)CC2)C1. The van der Waals surface area contributed by atoms with Crippen molar-refractivity contribution in [2.24, 2.45) is 16.6 Å². The van der Waals surface area contributed by atoms with Gasteiger partial charge in [-0.1, -0.05) is 34.1 Å². The van der Waals surface area contributed by atoms with E-state index in [-0.39, 0.29) is 0 Å². The van der Waals surface area contributed by atoms with Gasteiger partial charge in [-0.25, -0.2) is 0 Å². The van der Waals surface area contributed by atoms with Gasteiger partial charge in [0.25, 0.3) is 0 Å². The van der Waals surface area contributed by atoms with Gasteiger partial charge in [-0.05, 0) is 62.3 Å². The molecule has 0 spiro atoms. The Hall–Kier alpha value is -0.0800. The maximum absolute atomic E-state index is 6.31. The molecule has 0 aromatic rings. The highest BCUT2D eigenvalue weighted by Gasteiger charge is 2.45. The van der Waals surface area contributed by atoms with E-state index in [1.807, 2.05) is 0 Å². The third kappa shape index (κ3) is 3.06. The predicted octanol–water partition coefficient (Wildman–Crippen LogP) is 4.19. The molecule has 20 heavy (non-hydrogen) atoms. The summed E-state index contributed by atoms with van der Waals surface area (Å²) in [6, 6.07) is 0. The Labute approximate surface area is 126 Å².